The lowest BCUT2D eigenvalue weighted by Gasteiger charge is -2.06. The van der Waals surface area contributed by atoms with Gasteiger partial charge in [-0.3, -0.25) is 4.99 Å². The molecular formula is C7H15N3. The zero-order valence-corrected chi connectivity index (χ0v) is 6.38. The molecule has 10 heavy (non-hydrogen) atoms. The standard InChI is InChI=1S/C7H15N3/c1-2-6(5-3-4-5)10-7(8)9/h5-6H,2-4H2,1H3,(H4,8,9,10). The summed E-state index contributed by atoms with van der Waals surface area (Å²) >= 11 is 0. The van der Waals surface area contributed by atoms with E-state index in [0.29, 0.717) is 6.04 Å². The largest absolute Gasteiger partial charge is 0.370 e. The molecule has 1 aliphatic rings. The molecule has 0 saturated heterocycles. The van der Waals surface area contributed by atoms with Crippen LogP contribution in [0.5, 0.6) is 0 Å². The average molecular weight is 141 g/mol. The van der Waals surface area contributed by atoms with Crippen LogP contribution in [0.15, 0.2) is 4.99 Å². The summed E-state index contributed by atoms with van der Waals surface area (Å²) in [7, 11) is 0. The Labute approximate surface area is 61.5 Å². The van der Waals surface area contributed by atoms with E-state index in [4.69, 9.17) is 11.5 Å². The summed E-state index contributed by atoms with van der Waals surface area (Å²) in [6, 6.07) is 0.394. The molecule has 3 nitrogen and oxygen atoms in total. The van der Waals surface area contributed by atoms with Crippen molar-refractivity contribution < 1.29 is 0 Å². The average Bonchev–Trinajstić information content (AvgIpc) is 2.63. The Morgan fingerprint density at radius 1 is 1.60 bits per heavy atom. The number of nitrogens with zero attached hydrogens (tertiary/aromatic N) is 1. The third-order valence-electron chi connectivity index (χ3n) is 1.90. The molecule has 58 valence electrons. The Morgan fingerprint density at radius 2 is 2.20 bits per heavy atom. The van der Waals surface area contributed by atoms with Gasteiger partial charge in [-0.15, -0.1) is 0 Å². The van der Waals surface area contributed by atoms with E-state index in [2.05, 4.69) is 11.9 Å². The van der Waals surface area contributed by atoms with Crippen LogP contribution in [0.25, 0.3) is 0 Å². The molecule has 4 N–H and O–H groups in total. The lowest BCUT2D eigenvalue weighted by molar-refractivity contribution is 0.578. The lowest BCUT2D eigenvalue weighted by atomic mass is 10.1. The molecule has 0 aromatic rings. The third kappa shape index (κ3) is 1.90. The fraction of sp³-hybridized carbons (Fsp3) is 0.857. The molecule has 1 fully saturated rings. The second-order valence-electron chi connectivity index (χ2n) is 2.87. The van der Waals surface area contributed by atoms with Gasteiger partial charge in [-0.25, -0.2) is 0 Å². The van der Waals surface area contributed by atoms with E-state index in [-0.39, 0.29) is 5.96 Å². The van der Waals surface area contributed by atoms with Crippen LogP contribution in [0.2, 0.25) is 0 Å². The minimum Gasteiger partial charge on any atom is -0.370 e. The van der Waals surface area contributed by atoms with Crippen molar-refractivity contribution in [2.45, 2.75) is 32.2 Å². The van der Waals surface area contributed by atoms with Crippen LogP contribution < -0.4 is 11.5 Å². The molecule has 3 heteroatoms. The van der Waals surface area contributed by atoms with Crippen LogP contribution in [0.4, 0.5) is 0 Å². The molecule has 0 heterocycles. The van der Waals surface area contributed by atoms with E-state index in [9.17, 15) is 0 Å². The van der Waals surface area contributed by atoms with Crippen LogP contribution in [-0.2, 0) is 0 Å². The fourth-order valence-electron chi connectivity index (χ4n) is 1.20. The van der Waals surface area contributed by atoms with Crippen LogP contribution in [-0.4, -0.2) is 12.0 Å². The second-order valence-corrected chi connectivity index (χ2v) is 2.87. The van der Waals surface area contributed by atoms with Gasteiger partial charge in [0, 0.05) is 0 Å². The molecule has 1 atom stereocenters. The summed E-state index contributed by atoms with van der Waals surface area (Å²) in [6.45, 7) is 2.12. The first-order valence-corrected chi connectivity index (χ1v) is 3.82. The van der Waals surface area contributed by atoms with Crippen LogP contribution in [0, 0.1) is 5.92 Å². The van der Waals surface area contributed by atoms with Gasteiger partial charge in [-0.1, -0.05) is 6.92 Å². The third-order valence-corrected chi connectivity index (χ3v) is 1.90. The maximum absolute atomic E-state index is 5.26. The normalized spacial score (nSPS) is 20.1. The van der Waals surface area contributed by atoms with Crippen molar-refractivity contribution in [1.82, 2.24) is 0 Å². The van der Waals surface area contributed by atoms with Crippen LogP contribution in [0.3, 0.4) is 0 Å². The van der Waals surface area contributed by atoms with E-state index in [1.165, 1.54) is 12.8 Å². The van der Waals surface area contributed by atoms with Gasteiger partial charge < -0.3 is 11.5 Å². The number of hydrogen-bond donors (Lipinski definition) is 2. The molecule has 0 aromatic heterocycles. The Morgan fingerprint density at radius 3 is 2.50 bits per heavy atom. The predicted octanol–water partition coefficient (Wildman–Crippen LogP) is 0.448. The Kier molecular flexibility index (Phi) is 2.14. The zero-order chi connectivity index (χ0) is 7.56. The van der Waals surface area contributed by atoms with Crippen molar-refractivity contribution in [3.05, 3.63) is 0 Å². The molecule has 0 aliphatic heterocycles. The molecule has 1 unspecified atom stereocenters. The molecule has 1 saturated carbocycles. The highest BCUT2D eigenvalue weighted by atomic mass is 15.0. The minimum absolute atomic E-state index is 0.235. The zero-order valence-electron chi connectivity index (χ0n) is 6.38. The van der Waals surface area contributed by atoms with Gasteiger partial charge in [-0.2, -0.15) is 0 Å². The first-order chi connectivity index (χ1) is 4.74. The highest BCUT2D eigenvalue weighted by Crippen LogP contribution is 2.35. The summed E-state index contributed by atoms with van der Waals surface area (Å²) < 4.78 is 0. The molecule has 0 spiro atoms. The molecule has 1 aliphatic carbocycles. The number of rotatable bonds is 3. The van der Waals surface area contributed by atoms with Crippen molar-refractivity contribution in [1.29, 1.82) is 0 Å². The van der Waals surface area contributed by atoms with Crippen LogP contribution in [0.1, 0.15) is 26.2 Å². The van der Waals surface area contributed by atoms with Gasteiger partial charge in [0.15, 0.2) is 5.96 Å². The van der Waals surface area contributed by atoms with Gasteiger partial charge in [0.2, 0.25) is 0 Å². The number of hydrogen-bond acceptors (Lipinski definition) is 1. The van der Waals surface area contributed by atoms with Gasteiger partial charge >= 0.3 is 0 Å². The summed E-state index contributed by atoms with van der Waals surface area (Å²) in [5, 5.41) is 0. The van der Waals surface area contributed by atoms with E-state index in [1.807, 2.05) is 0 Å². The number of guanidine groups is 1. The van der Waals surface area contributed by atoms with E-state index in [1.54, 1.807) is 0 Å². The summed E-state index contributed by atoms with van der Waals surface area (Å²) in [5.41, 5.74) is 10.5. The predicted molar refractivity (Wildman–Crippen MR) is 42.6 cm³/mol. The maximum Gasteiger partial charge on any atom is 0.186 e. The van der Waals surface area contributed by atoms with E-state index >= 15 is 0 Å². The molecule has 0 aromatic carbocycles. The molecule has 1 rings (SSSR count). The molecular weight excluding hydrogens is 126 g/mol. The van der Waals surface area contributed by atoms with Crippen molar-refractivity contribution in [2.75, 3.05) is 0 Å². The SMILES string of the molecule is CCC(N=C(N)N)C1CC1. The minimum atomic E-state index is 0.235. The highest BCUT2D eigenvalue weighted by Gasteiger charge is 2.29. The van der Waals surface area contributed by atoms with Crippen molar-refractivity contribution in [3.63, 3.8) is 0 Å². The van der Waals surface area contributed by atoms with Crippen molar-refractivity contribution >= 4 is 5.96 Å². The first kappa shape index (κ1) is 7.38. The van der Waals surface area contributed by atoms with E-state index in [0.717, 1.165) is 12.3 Å². The van der Waals surface area contributed by atoms with Gasteiger partial charge in [0.1, 0.15) is 0 Å². The highest BCUT2D eigenvalue weighted by molar-refractivity contribution is 5.75. The Hall–Kier alpha value is -0.730. The Balaban J connectivity index is 2.39. The van der Waals surface area contributed by atoms with Gasteiger partial charge in [-0.05, 0) is 25.2 Å². The summed E-state index contributed by atoms with van der Waals surface area (Å²) in [6.07, 6.45) is 3.66. The van der Waals surface area contributed by atoms with Crippen LogP contribution >= 0.6 is 0 Å². The Bertz CT molecular complexity index is 134. The fourth-order valence-corrected chi connectivity index (χ4v) is 1.20. The molecule has 0 bridgehead atoms. The first-order valence-electron chi connectivity index (χ1n) is 3.82. The maximum atomic E-state index is 5.26. The molecule has 0 amide bonds. The second kappa shape index (κ2) is 2.90. The summed E-state index contributed by atoms with van der Waals surface area (Å²) in [5.74, 6) is 1.01. The van der Waals surface area contributed by atoms with Crippen molar-refractivity contribution in [2.24, 2.45) is 22.4 Å². The number of aliphatic imine (C=N–C) groups is 1. The van der Waals surface area contributed by atoms with Crippen molar-refractivity contribution in [3.8, 4) is 0 Å². The monoisotopic (exact) mass is 141 g/mol. The topological polar surface area (TPSA) is 64.4 Å². The lowest BCUT2D eigenvalue weighted by Crippen LogP contribution is -2.26. The smallest absolute Gasteiger partial charge is 0.186 e. The summed E-state index contributed by atoms with van der Waals surface area (Å²) in [4.78, 5) is 4.13. The number of nitrogens with two attached hydrogens (primary N) is 2. The van der Waals surface area contributed by atoms with E-state index < -0.39 is 0 Å². The van der Waals surface area contributed by atoms with Gasteiger partial charge in [0.25, 0.3) is 0 Å². The van der Waals surface area contributed by atoms with Gasteiger partial charge in [0.05, 0.1) is 6.04 Å². The quantitative estimate of drug-likeness (QED) is 0.442. The molecule has 0 radical (unpaired) electrons.